The zero-order valence-electron chi connectivity index (χ0n) is 15.0. The van der Waals surface area contributed by atoms with E-state index >= 15 is 0 Å². The Bertz CT molecular complexity index is 1030. The molecule has 0 amide bonds. The van der Waals surface area contributed by atoms with Gasteiger partial charge in [0.25, 0.3) is 0 Å². The van der Waals surface area contributed by atoms with Crippen LogP contribution in [0.15, 0.2) is 77.9 Å². The summed E-state index contributed by atoms with van der Waals surface area (Å²) in [4.78, 5) is 0. The maximum Gasteiger partial charge on any atom is 0.214 e. The Morgan fingerprint density at radius 1 is 0.926 bits per heavy atom. The Labute approximate surface area is 163 Å². The predicted molar refractivity (Wildman–Crippen MR) is 108 cm³/mol. The van der Waals surface area contributed by atoms with Gasteiger partial charge in [0.2, 0.25) is 6.23 Å². The zero-order chi connectivity index (χ0) is 18.4. The molecule has 27 heavy (non-hydrogen) atoms. The van der Waals surface area contributed by atoms with Crippen LogP contribution in [0.25, 0.3) is 0 Å². The van der Waals surface area contributed by atoms with E-state index in [2.05, 4.69) is 54.4 Å². The molecule has 3 nitrogen and oxygen atoms in total. The van der Waals surface area contributed by atoms with Gasteiger partial charge < -0.3 is 4.74 Å². The van der Waals surface area contributed by atoms with Gasteiger partial charge in [-0.05, 0) is 36.2 Å². The Morgan fingerprint density at radius 2 is 1.63 bits per heavy atom. The second kappa shape index (κ2) is 6.43. The lowest BCUT2D eigenvalue weighted by molar-refractivity contribution is -0.0194. The van der Waals surface area contributed by atoms with E-state index in [1.165, 1.54) is 11.1 Å². The van der Waals surface area contributed by atoms with Crippen LogP contribution in [-0.2, 0) is 0 Å². The molecule has 3 aromatic carbocycles. The molecule has 3 aromatic rings. The SMILES string of the molecule is Cc1ccccc1C1Oc2ccccc2C2CC(c3ccc(Cl)cc3)=NN21. The number of halogens is 1. The summed E-state index contributed by atoms with van der Waals surface area (Å²) in [5.74, 6) is 0.944. The molecule has 4 heteroatoms. The number of hydrogen-bond acceptors (Lipinski definition) is 3. The lowest BCUT2D eigenvalue weighted by atomic mass is 9.95. The second-order valence-corrected chi connectivity index (χ2v) is 7.45. The number of rotatable bonds is 2. The fraction of sp³-hybridized carbons (Fsp3) is 0.174. The Balaban J connectivity index is 1.61. The van der Waals surface area contributed by atoms with Crippen molar-refractivity contribution < 1.29 is 4.74 Å². The number of hydrogen-bond donors (Lipinski definition) is 0. The first-order valence-corrected chi connectivity index (χ1v) is 9.51. The minimum Gasteiger partial charge on any atom is -0.464 e. The molecule has 0 saturated heterocycles. The van der Waals surface area contributed by atoms with Gasteiger partial charge in [0.15, 0.2) is 0 Å². The molecule has 0 N–H and O–H groups in total. The van der Waals surface area contributed by atoms with Crippen molar-refractivity contribution in [2.24, 2.45) is 5.10 Å². The number of benzene rings is 3. The number of aryl methyl sites for hydroxylation is 1. The molecule has 0 radical (unpaired) electrons. The van der Waals surface area contributed by atoms with Crippen molar-refractivity contribution in [1.82, 2.24) is 5.01 Å². The van der Waals surface area contributed by atoms with Gasteiger partial charge in [-0.15, -0.1) is 0 Å². The van der Waals surface area contributed by atoms with Crippen molar-refractivity contribution in [2.45, 2.75) is 25.6 Å². The third-order valence-corrected chi connectivity index (χ3v) is 5.58. The molecule has 5 rings (SSSR count). The van der Waals surface area contributed by atoms with Crippen molar-refractivity contribution in [1.29, 1.82) is 0 Å². The summed E-state index contributed by atoms with van der Waals surface area (Å²) < 4.78 is 6.41. The van der Waals surface area contributed by atoms with Crippen LogP contribution < -0.4 is 4.74 Å². The van der Waals surface area contributed by atoms with Crippen LogP contribution in [-0.4, -0.2) is 10.7 Å². The third-order valence-electron chi connectivity index (χ3n) is 5.33. The topological polar surface area (TPSA) is 24.8 Å². The van der Waals surface area contributed by atoms with Crippen molar-refractivity contribution in [3.8, 4) is 5.75 Å². The van der Waals surface area contributed by atoms with Gasteiger partial charge in [0.1, 0.15) is 5.75 Å². The lowest BCUT2D eigenvalue weighted by Gasteiger charge is -2.38. The van der Waals surface area contributed by atoms with Crippen LogP contribution in [0.4, 0.5) is 0 Å². The Kier molecular flexibility index (Phi) is 3.91. The van der Waals surface area contributed by atoms with Gasteiger partial charge in [-0.2, -0.15) is 5.10 Å². The van der Waals surface area contributed by atoms with Gasteiger partial charge in [-0.1, -0.05) is 66.2 Å². The van der Waals surface area contributed by atoms with Crippen molar-refractivity contribution in [2.75, 3.05) is 0 Å². The first-order valence-electron chi connectivity index (χ1n) is 9.13. The minimum atomic E-state index is -0.226. The van der Waals surface area contributed by atoms with Gasteiger partial charge in [-0.3, -0.25) is 0 Å². The number of fused-ring (bicyclic) bond motifs is 3. The fourth-order valence-corrected chi connectivity index (χ4v) is 4.05. The first kappa shape index (κ1) is 16.4. The Hall–Kier alpha value is -2.78. The van der Waals surface area contributed by atoms with E-state index in [4.69, 9.17) is 21.4 Å². The number of hydrazone groups is 1. The number of ether oxygens (including phenoxy) is 1. The van der Waals surface area contributed by atoms with Gasteiger partial charge in [0.05, 0.1) is 11.8 Å². The van der Waals surface area contributed by atoms with E-state index in [0.717, 1.165) is 34.0 Å². The molecule has 2 atom stereocenters. The van der Waals surface area contributed by atoms with Crippen LogP contribution in [0, 0.1) is 6.92 Å². The predicted octanol–water partition coefficient (Wildman–Crippen LogP) is 5.89. The average Bonchev–Trinajstić information content (AvgIpc) is 3.14. The highest BCUT2D eigenvalue weighted by Crippen LogP contribution is 2.47. The highest BCUT2D eigenvalue weighted by Gasteiger charge is 2.41. The third kappa shape index (κ3) is 2.79. The lowest BCUT2D eigenvalue weighted by Crippen LogP contribution is -2.34. The summed E-state index contributed by atoms with van der Waals surface area (Å²) in [7, 11) is 0. The molecule has 0 saturated carbocycles. The van der Waals surface area contributed by atoms with E-state index < -0.39 is 0 Å². The molecular formula is C23H19ClN2O. The van der Waals surface area contributed by atoms with E-state index in [-0.39, 0.29) is 12.3 Å². The van der Waals surface area contributed by atoms with Crippen molar-refractivity contribution >= 4 is 17.3 Å². The van der Waals surface area contributed by atoms with E-state index in [0.29, 0.717) is 0 Å². The van der Waals surface area contributed by atoms with Crippen LogP contribution in [0.5, 0.6) is 5.75 Å². The quantitative estimate of drug-likeness (QED) is 0.558. The highest BCUT2D eigenvalue weighted by atomic mass is 35.5. The maximum absolute atomic E-state index is 6.41. The van der Waals surface area contributed by atoms with Crippen molar-refractivity contribution in [3.05, 3.63) is 100 Å². The van der Waals surface area contributed by atoms with E-state index in [9.17, 15) is 0 Å². The van der Waals surface area contributed by atoms with Crippen LogP contribution in [0.1, 0.15) is 40.9 Å². The molecule has 2 heterocycles. The first-order chi connectivity index (χ1) is 13.2. The minimum absolute atomic E-state index is 0.172. The molecule has 2 aliphatic rings. The number of para-hydroxylation sites is 1. The summed E-state index contributed by atoms with van der Waals surface area (Å²) in [5.41, 5.74) is 5.72. The standard InChI is InChI=1S/C23H19ClN2O/c1-15-6-2-3-7-18(15)23-26-21(19-8-4-5-9-22(19)27-23)14-20(25-26)16-10-12-17(24)13-11-16/h2-13,21,23H,14H2,1H3. The summed E-state index contributed by atoms with van der Waals surface area (Å²) in [6.45, 7) is 2.12. The Morgan fingerprint density at radius 3 is 2.41 bits per heavy atom. The van der Waals surface area contributed by atoms with Crippen LogP contribution in [0.3, 0.4) is 0 Å². The molecule has 0 spiro atoms. The monoisotopic (exact) mass is 374 g/mol. The maximum atomic E-state index is 6.41. The van der Waals surface area contributed by atoms with E-state index in [1.807, 2.05) is 30.3 Å². The summed E-state index contributed by atoms with van der Waals surface area (Å²) >= 11 is 6.06. The van der Waals surface area contributed by atoms with Crippen LogP contribution >= 0.6 is 11.6 Å². The van der Waals surface area contributed by atoms with Gasteiger partial charge in [0, 0.05) is 22.6 Å². The van der Waals surface area contributed by atoms with Crippen LogP contribution in [0.2, 0.25) is 5.02 Å². The molecule has 2 unspecified atom stereocenters. The molecule has 0 aliphatic carbocycles. The molecule has 0 aromatic heterocycles. The van der Waals surface area contributed by atoms with Gasteiger partial charge >= 0.3 is 0 Å². The number of nitrogens with zero attached hydrogens (tertiary/aromatic N) is 2. The highest BCUT2D eigenvalue weighted by molar-refractivity contribution is 6.30. The normalized spacial score (nSPS) is 20.5. The molecule has 2 aliphatic heterocycles. The molecule has 0 bridgehead atoms. The molecular weight excluding hydrogens is 356 g/mol. The summed E-state index contributed by atoms with van der Waals surface area (Å²) in [5, 5.41) is 7.85. The van der Waals surface area contributed by atoms with Gasteiger partial charge in [-0.25, -0.2) is 5.01 Å². The average molecular weight is 375 g/mol. The summed E-state index contributed by atoms with van der Waals surface area (Å²) in [6, 6.07) is 24.7. The molecule has 0 fully saturated rings. The zero-order valence-corrected chi connectivity index (χ0v) is 15.7. The smallest absolute Gasteiger partial charge is 0.214 e. The largest absolute Gasteiger partial charge is 0.464 e. The molecule has 134 valence electrons. The second-order valence-electron chi connectivity index (χ2n) is 7.02. The summed E-state index contributed by atoms with van der Waals surface area (Å²) in [6.07, 6.45) is 0.626. The fourth-order valence-electron chi connectivity index (χ4n) is 3.92. The van der Waals surface area contributed by atoms with Crippen molar-refractivity contribution in [3.63, 3.8) is 0 Å². The van der Waals surface area contributed by atoms with E-state index in [1.54, 1.807) is 0 Å².